The summed E-state index contributed by atoms with van der Waals surface area (Å²) < 4.78 is 0. The van der Waals surface area contributed by atoms with Crippen LogP contribution in [0.25, 0.3) is 0 Å². The molecule has 0 spiro atoms. The second-order valence-corrected chi connectivity index (χ2v) is 5.17. The summed E-state index contributed by atoms with van der Waals surface area (Å²) in [6, 6.07) is 8.11. The molecule has 1 aromatic carbocycles. The fourth-order valence-corrected chi connectivity index (χ4v) is 2.59. The first-order valence-corrected chi connectivity index (χ1v) is 6.63. The molecule has 1 unspecified atom stereocenters. The average Bonchev–Trinajstić information content (AvgIpc) is 2.78. The lowest BCUT2D eigenvalue weighted by atomic mass is 10.1. The standard InChI is InChI=1S/C15H21NO2/c1-12-3-2-4-14(9-12)10-15(18)16-7-5-13(11-16)6-8-17/h2-4,9,13,17H,5-8,10-11H2,1H3. The quantitative estimate of drug-likeness (QED) is 0.881. The molecule has 3 heteroatoms. The van der Waals surface area contributed by atoms with Crippen LogP contribution < -0.4 is 0 Å². The number of likely N-dealkylation sites (tertiary alicyclic amines) is 1. The average molecular weight is 247 g/mol. The van der Waals surface area contributed by atoms with Crippen LogP contribution in [0.1, 0.15) is 24.0 Å². The lowest BCUT2D eigenvalue weighted by Gasteiger charge is -2.16. The van der Waals surface area contributed by atoms with Crippen molar-refractivity contribution in [2.45, 2.75) is 26.2 Å². The summed E-state index contributed by atoms with van der Waals surface area (Å²) in [6.07, 6.45) is 2.34. The maximum Gasteiger partial charge on any atom is 0.226 e. The first-order chi connectivity index (χ1) is 8.69. The molecule has 0 aliphatic carbocycles. The Morgan fingerprint density at radius 3 is 3.06 bits per heavy atom. The van der Waals surface area contributed by atoms with Crippen LogP contribution >= 0.6 is 0 Å². The molecule has 1 aliphatic heterocycles. The Balaban J connectivity index is 1.89. The zero-order valence-electron chi connectivity index (χ0n) is 10.9. The molecule has 1 heterocycles. The first-order valence-electron chi connectivity index (χ1n) is 6.63. The van der Waals surface area contributed by atoms with Gasteiger partial charge >= 0.3 is 0 Å². The number of hydrogen-bond acceptors (Lipinski definition) is 2. The van der Waals surface area contributed by atoms with E-state index in [2.05, 4.69) is 6.07 Å². The molecule has 1 aliphatic rings. The van der Waals surface area contributed by atoms with Crippen molar-refractivity contribution in [2.24, 2.45) is 5.92 Å². The van der Waals surface area contributed by atoms with E-state index in [0.717, 1.165) is 31.5 Å². The number of hydrogen-bond donors (Lipinski definition) is 1. The van der Waals surface area contributed by atoms with Crippen molar-refractivity contribution in [1.82, 2.24) is 4.90 Å². The van der Waals surface area contributed by atoms with E-state index in [9.17, 15) is 4.79 Å². The molecule has 1 saturated heterocycles. The second kappa shape index (κ2) is 6.01. The van der Waals surface area contributed by atoms with E-state index in [1.165, 1.54) is 5.56 Å². The first kappa shape index (κ1) is 13.1. The fraction of sp³-hybridized carbons (Fsp3) is 0.533. The van der Waals surface area contributed by atoms with Crippen LogP contribution in [0.15, 0.2) is 24.3 Å². The molecule has 2 rings (SSSR count). The van der Waals surface area contributed by atoms with Gasteiger partial charge < -0.3 is 10.0 Å². The Bertz CT molecular complexity index is 417. The van der Waals surface area contributed by atoms with Crippen molar-refractivity contribution in [3.05, 3.63) is 35.4 Å². The van der Waals surface area contributed by atoms with Crippen molar-refractivity contribution in [3.63, 3.8) is 0 Å². The molecular weight excluding hydrogens is 226 g/mol. The van der Waals surface area contributed by atoms with E-state index < -0.39 is 0 Å². The summed E-state index contributed by atoms with van der Waals surface area (Å²) in [5.41, 5.74) is 2.28. The Morgan fingerprint density at radius 2 is 2.33 bits per heavy atom. The topological polar surface area (TPSA) is 40.5 Å². The number of aliphatic hydroxyl groups is 1. The molecule has 98 valence electrons. The number of carbonyl (C=O) groups excluding carboxylic acids is 1. The highest BCUT2D eigenvalue weighted by Crippen LogP contribution is 2.20. The minimum absolute atomic E-state index is 0.209. The zero-order chi connectivity index (χ0) is 13.0. The number of aliphatic hydroxyl groups excluding tert-OH is 1. The van der Waals surface area contributed by atoms with Crippen molar-refractivity contribution in [1.29, 1.82) is 0 Å². The summed E-state index contributed by atoms with van der Waals surface area (Å²) in [5.74, 6) is 0.692. The van der Waals surface area contributed by atoms with Gasteiger partial charge in [0.05, 0.1) is 6.42 Å². The number of amides is 1. The molecule has 1 fully saturated rings. The molecule has 0 aromatic heterocycles. The van der Waals surface area contributed by atoms with Crippen molar-refractivity contribution in [2.75, 3.05) is 19.7 Å². The largest absolute Gasteiger partial charge is 0.396 e. The van der Waals surface area contributed by atoms with Crippen molar-refractivity contribution < 1.29 is 9.90 Å². The van der Waals surface area contributed by atoms with Crippen LogP contribution in [-0.2, 0) is 11.2 Å². The monoisotopic (exact) mass is 247 g/mol. The Labute approximate surface area is 108 Å². The van der Waals surface area contributed by atoms with Gasteiger partial charge in [-0.15, -0.1) is 0 Å². The molecule has 0 saturated carbocycles. The van der Waals surface area contributed by atoms with E-state index in [1.807, 2.05) is 30.0 Å². The minimum atomic E-state index is 0.209. The van der Waals surface area contributed by atoms with Crippen LogP contribution in [0, 0.1) is 12.8 Å². The zero-order valence-corrected chi connectivity index (χ0v) is 10.9. The number of rotatable bonds is 4. The highest BCUT2D eigenvalue weighted by Gasteiger charge is 2.25. The van der Waals surface area contributed by atoms with Gasteiger partial charge in [-0.05, 0) is 31.2 Å². The maximum absolute atomic E-state index is 12.1. The predicted octanol–water partition coefficient (Wildman–Crippen LogP) is 1.77. The maximum atomic E-state index is 12.1. The third-order valence-corrected chi connectivity index (χ3v) is 3.61. The summed E-state index contributed by atoms with van der Waals surface area (Å²) >= 11 is 0. The Hall–Kier alpha value is -1.35. The van der Waals surface area contributed by atoms with E-state index in [1.54, 1.807) is 0 Å². The summed E-state index contributed by atoms with van der Waals surface area (Å²) in [5, 5.41) is 8.91. The van der Waals surface area contributed by atoms with Gasteiger partial charge in [0.1, 0.15) is 0 Å². The summed E-state index contributed by atoms with van der Waals surface area (Å²) in [4.78, 5) is 14.1. The van der Waals surface area contributed by atoms with Gasteiger partial charge in [0, 0.05) is 19.7 Å². The van der Waals surface area contributed by atoms with Gasteiger partial charge in [-0.1, -0.05) is 29.8 Å². The van der Waals surface area contributed by atoms with E-state index in [4.69, 9.17) is 5.11 Å². The number of benzene rings is 1. The fourth-order valence-electron chi connectivity index (χ4n) is 2.59. The van der Waals surface area contributed by atoms with Crippen molar-refractivity contribution in [3.8, 4) is 0 Å². The summed E-state index contributed by atoms with van der Waals surface area (Å²) in [7, 11) is 0. The number of aryl methyl sites for hydroxylation is 1. The number of carbonyl (C=O) groups is 1. The van der Waals surface area contributed by atoms with Crippen molar-refractivity contribution >= 4 is 5.91 Å². The smallest absolute Gasteiger partial charge is 0.226 e. The molecule has 18 heavy (non-hydrogen) atoms. The Morgan fingerprint density at radius 1 is 1.50 bits per heavy atom. The van der Waals surface area contributed by atoms with Crippen LogP contribution in [0.2, 0.25) is 0 Å². The second-order valence-electron chi connectivity index (χ2n) is 5.17. The molecule has 0 radical (unpaired) electrons. The molecular formula is C15H21NO2. The van der Waals surface area contributed by atoms with Gasteiger partial charge in [-0.25, -0.2) is 0 Å². The van der Waals surface area contributed by atoms with Gasteiger partial charge in [-0.2, -0.15) is 0 Å². The SMILES string of the molecule is Cc1cccc(CC(=O)N2CCC(CCO)C2)c1. The highest BCUT2D eigenvalue weighted by molar-refractivity contribution is 5.79. The third kappa shape index (κ3) is 3.33. The van der Waals surface area contributed by atoms with E-state index >= 15 is 0 Å². The third-order valence-electron chi connectivity index (χ3n) is 3.61. The molecule has 3 nitrogen and oxygen atoms in total. The Kier molecular flexibility index (Phi) is 4.37. The van der Waals surface area contributed by atoms with Crippen LogP contribution in [-0.4, -0.2) is 35.6 Å². The molecule has 1 atom stereocenters. The molecule has 0 bridgehead atoms. The normalized spacial score (nSPS) is 19.2. The lowest BCUT2D eigenvalue weighted by molar-refractivity contribution is -0.129. The van der Waals surface area contributed by atoms with E-state index in [0.29, 0.717) is 12.3 Å². The van der Waals surface area contributed by atoms with Gasteiger partial charge in [0.15, 0.2) is 0 Å². The van der Waals surface area contributed by atoms with Crippen LogP contribution in [0.5, 0.6) is 0 Å². The van der Waals surface area contributed by atoms with Crippen LogP contribution in [0.4, 0.5) is 0 Å². The van der Waals surface area contributed by atoms with Crippen LogP contribution in [0.3, 0.4) is 0 Å². The summed E-state index contributed by atoms with van der Waals surface area (Å²) in [6.45, 7) is 3.92. The van der Waals surface area contributed by atoms with Gasteiger partial charge in [0.25, 0.3) is 0 Å². The number of nitrogens with zero attached hydrogens (tertiary/aromatic N) is 1. The molecule has 1 aromatic rings. The lowest BCUT2D eigenvalue weighted by Crippen LogP contribution is -2.30. The van der Waals surface area contributed by atoms with Gasteiger partial charge in [-0.3, -0.25) is 4.79 Å². The van der Waals surface area contributed by atoms with E-state index in [-0.39, 0.29) is 12.5 Å². The minimum Gasteiger partial charge on any atom is -0.396 e. The van der Waals surface area contributed by atoms with Gasteiger partial charge in [0.2, 0.25) is 5.91 Å². The molecule has 1 amide bonds. The molecule has 1 N–H and O–H groups in total. The highest BCUT2D eigenvalue weighted by atomic mass is 16.3. The predicted molar refractivity (Wildman–Crippen MR) is 71.3 cm³/mol.